The van der Waals surface area contributed by atoms with Crippen molar-refractivity contribution in [1.82, 2.24) is 15.0 Å². The Morgan fingerprint density at radius 3 is 3.00 bits per heavy atom. The molecule has 0 amide bonds. The van der Waals surface area contributed by atoms with Crippen molar-refractivity contribution in [3.63, 3.8) is 0 Å². The van der Waals surface area contributed by atoms with Gasteiger partial charge < -0.3 is 10.8 Å². The van der Waals surface area contributed by atoms with Crippen LogP contribution in [0.5, 0.6) is 0 Å². The summed E-state index contributed by atoms with van der Waals surface area (Å²) >= 11 is 0. The van der Waals surface area contributed by atoms with Crippen LogP contribution in [0.3, 0.4) is 0 Å². The number of aryl methyl sites for hydroxylation is 1. The van der Waals surface area contributed by atoms with Gasteiger partial charge in [0.2, 0.25) is 0 Å². The average Bonchev–Trinajstić information content (AvgIpc) is 2.87. The molecule has 2 aromatic rings. The van der Waals surface area contributed by atoms with E-state index in [-0.39, 0.29) is 6.42 Å². The maximum atomic E-state index is 10.7. The highest BCUT2D eigenvalue weighted by molar-refractivity contribution is 5.73. The Balaban J connectivity index is 2.18. The molecular formula is C13H16N4O2. The molecule has 100 valence electrons. The van der Waals surface area contributed by atoms with Crippen LogP contribution in [-0.4, -0.2) is 32.1 Å². The maximum absolute atomic E-state index is 10.7. The number of hydrogen-bond acceptors (Lipinski definition) is 4. The Morgan fingerprint density at radius 1 is 1.53 bits per heavy atom. The molecule has 6 nitrogen and oxygen atoms in total. The van der Waals surface area contributed by atoms with Crippen LogP contribution >= 0.6 is 0 Å². The van der Waals surface area contributed by atoms with Gasteiger partial charge in [0, 0.05) is 6.42 Å². The van der Waals surface area contributed by atoms with Gasteiger partial charge in [0.1, 0.15) is 6.04 Å². The van der Waals surface area contributed by atoms with Crippen LogP contribution in [0.15, 0.2) is 30.5 Å². The molecule has 0 aliphatic heterocycles. The van der Waals surface area contributed by atoms with E-state index in [1.54, 1.807) is 10.9 Å². The first-order valence-corrected chi connectivity index (χ1v) is 6.09. The molecule has 6 heteroatoms. The lowest BCUT2D eigenvalue weighted by atomic mass is 10.1. The molecule has 0 radical (unpaired) electrons. The van der Waals surface area contributed by atoms with E-state index in [1.807, 2.05) is 24.3 Å². The second kappa shape index (κ2) is 5.62. The minimum absolute atomic E-state index is 0.169. The first kappa shape index (κ1) is 13.2. The van der Waals surface area contributed by atoms with Gasteiger partial charge in [-0.1, -0.05) is 24.3 Å². The van der Waals surface area contributed by atoms with Crippen molar-refractivity contribution < 1.29 is 9.90 Å². The number of nitrogens with two attached hydrogens (primary N) is 1. The molecular weight excluding hydrogens is 244 g/mol. The summed E-state index contributed by atoms with van der Waals surface area (Å²) in [5.41, 5.74) is 8.14. The highest BCUT2D eigenvalue weighted by Gasteiger charge is 2.14. The molecule has 3 N–H and O–H groups in total. The summed E-state index contributed by atoms with van der Waals surface area (Å²) in [4.78, 5) is 10.7. The standard InChI is InChI=1S/C13H16N4O2/c1-2-9-4-3-5-11(6-9)17-8-10(15-16-17)7-12(14)13(18)19/h3-6,8,12H,2,7,14H2,1H3,(H,18,19). The van der Waals surface area contributed by atoms with Crippen molar-refractivity contribution in [1.29, 1.82) is 0 Å². The minimum atomic E-state index is -1.04. The molecule has 1 aromatic heterocycles. The Morgan fingerprint density at radius 2 is 2.32 bits per heavy atom. The van der Waals surface area contributed by atoms with Crippen molar-refractivity contribution in [2.75, 3.05) is 0 Å². The number of aromatic nitrogens is 3. The van der Waals surface area contributed by atoms with Gasteiger partial charge in [-0.2, -0.15) is 0 Å². The van der Waals surface area contributed by atoms with E-state index in [2.05, 4.69) is 17.2 Å². The van der Waals surface area contributed by atoms with Gasteiger partial charge in [-0.3, -0.25) is 4.79 Å². The van der Waals surface area contributed by atoms with Crippen molar-refractivity contribution in [3.05, 3.63) is 41.7 Å². The van der Waals surface area contributed by atoms with E-state index in [4.69, 9.17) is 10.8 Å². The average molecular weight is 260 g/mol. The highest BCUT2D eigenvalue weighted by atomic mass is 16.4. The number of hydrogen-bond donors (Lipinski definition) is 2. The molecule has 1 aromatic carbocycles. The SMILES string of the molecule is CCc1cccc(-n2cc(CC(N)C(=O)O)nn2)c1. The third kappa shape index (κ3) is 3.17. The van der Waals surface area contributed by atoms with Crippen LogP contribution in [0.25, 0.3) is 5.69 Å². The van der Waals surface area contributed by atoms with Crippen molar-refractivity contribution in [3.8, 4) is 5.69 Å². The fraction of sp³-hybridized carbons (Fsp3) is 0.308. The van der Waals surface area contributed by atoms with Crippen LogP contribution in [-0.2, 0) is 17.6 Å². The van der Waals surface area contributed by atoms with Gasteiger partial charge in [-0.05, 0) is 24.1 Å². The van der Waals surface area contributed by atoms with Crippen molar-refractivity contribution in [2.45, 2.75) is 25.8 Å². The van der Waals surface area contributed by atoms with E-state index < -0.39 is 12.0 Å². The molecule has 0 aliphatic rings. The number of aliphatic carboxylic acids is 1. The van der Waals surface area contributed by atoms with E-state index in [0.717, 1.165) is 12.1 Å². The Bertz CT molecular complexity index is 580. The molecule has 0 fully saturated rings. The Hall–Kier alpha value is -2.21. The molecule has 1 heterocycles. The van der Waals surface area contributed by atoms with Gasteiger partial charge in [-0.25, -0.2) is 4.68 Å². The number of carbonyl (C=O) groups is 1. The number of rotatable bonds is 5. The molecule has 1 unspecified atom stereocenters. The zero-order valence-electron chi connectivity index (χ0n) is 10.7. The largest absolute Gasteiger partial charge is 0.480 e. The third-order valence-corrected chi connectivity index (χ3v) is 2.87. The van der Waals surface area contributed by atoms with E-state index in [9.17, 15) is 4.79 Å². The molecule has 0 spiro atoms. The third-order valence-electron chi connectivity index (χ3n) is 2.87. The summed E-state index contributed by atoms with van der Waals surface area (Å²) in [5.74, 6) is -1.04. The topological polar surface area (TPSA) is 94.0 Å². The number of nitrogens with zero attached hydrogens (tertiary/aromatic N) is 3. The fourth-order valence-electron chi connectivity index (χ4n) is 1.75. The number of carboxylic acid groups (broad SMARTS) is 1. The lowest BCUT2D eigenvalue weighted by Crippen LogP contribution is -2.32. The quantitative estimate of drug-likeness (QED) is 0.828. The second-order valence-corrected chi connectivity index (χ2v) is 4.33. The van der Waals surface area contributed by atoms with Gasteiger partial charge in [0.05, 0.1) is 17.6 Å². The van der Waals surface area contributed by atoms with Crippen molar-refractivity contribution >= 4 is 5.97 Å². The monoisotopic (exact) mass is 260 g/mol. The van der Waals surface area contributed by atoms with Gasteiger partial charge in [0.25, 0.3) is 0 Å². The van der Waals surface area contributed by atoms with Crippen LogP contribution in [0, 0.1) is 0 Å². The lowest BCUT2D eigenvalue weighted by Gasteiger charge is -2.03. The van der Waals surface area contributed by atoms with Crippen molar-refractivity contribution in [2.24, 2.45) is 5.73 Å². The normalized spacial score (nSPS) is 12.3. The predicted molar refractivity (Wildman–Crippen MR) is 70.1 cm³/mol. The van der Waals surface area contributed by atoms with E-state index >= 15 is 0 Å². The van der Waals surface area contributed by atoms with Crippen LogP contribution < -0.4 is 5.73 Å². The van der Waals surface area contributed by atoms with Crippen LogP contribution in [0.2, 0.25) is 0 Å². The molecule has 0 saturated carbocycles. The molecule has 1 atom stereocenters. The van der Waals surface area contributed by atoms with E-state index in [1.165, 1.54) is 5.56 Å². The smallest absolute Gasteiger partial charge is 0.320 e. The predicted octanol–water partition coefficient (Wildman–Crippen LogP) is 0.784. The Kier molecular flexibility index (Phi) is 3.91. The zero-order chi connectivity index (χ0) is 13.8. The molecule has 19 heavy (non-hydrogen) atoms. The summed E-state index contributed by atoms with van der Waals surface area (Å²) in [6.07, 6.45) is 2.82. The van der Waals surface area contributed by atoms with Gasteiger partial charge >= 0.3 is 5.97 Å². The number of benzene rings is 1. The molecule has 0 saturated heterocycles. The first-order chi connectivity index (χ1) is 9.10. The van der Waals surface area contributed by atoms with Crippen LogP contribution in [0.1, 0.15) is 18.2 Å². The molecule has 0 aliphatic carbocycles. The lowest BCUT2D eigenvalue weighted by molar-refractivity contribution is -0.138. The fourth-order valence-corrected chi connectivity index (χ4v) is 1.75. The minimum Gasteiger partial charge on any atom is -0.480 e. The zero-order valence-corrected chi connectivity index (χ0v) is 10.7. The molecule has 2 rings (SSSR count). The highest BCUT2D eigenvalue weighted by Crippen LogP contribution is 2.11. The summed E-state index contributed by atoms with van der Waals surface area (Å²) in [6.45, 7) is 2.08. The number of carboxylic acids is 1. The Labute approximate surface area is 110 Å². The summed E-state index contributed by atoms with van der Waals surface area (Å²) in [6, 6.07) is 7.00. The maximum Gasteiger partial charge on any atom is 0.320 e. The van der Waals surface area contributed by atoms with Crippen LogP contribution in [0.4, 0.5) is 0 Å². The summed E-state index contributed by atoms with van der Waals surface area (Å²) in [7, 11) is 0. The van der Waals surface area contributed by atoms with Gasteiger partial charge in [-0.15, -0.1) is 5.10 Å². The van der Waals surface area contributed by atoms with Gasteiger partial charge in [0.15, 0.2) is 0 Å². The first-order valence-electron chi connectivity index (χ1n) is 6.09. The second-order valence-electron chi connectivity index (χ2n) is 4.33. The summed E-state index contributed by atoms with van der Waals surface area (Å²) in [5, 5.41) is 16.7. The molecule has 0 bridgehead atoms. The summed E-state index contributed by atoms with van der Waals surface area (Å²) < 4.78 is 1.63. The van der Waals surface area contributed by atoms with E-state index in [0.29, 0.717) is 5.69 Å².